The zero-order valence-corrected chi connectivity index (χ0v) is 12.0. The fourth-order valence-corrected chi connectivity index (χ4v) is 2.31. The molecule has 0 atom stereocenters. The van der Waals surface area contributed by atoms with Gasteiger partial charge in [-0.05, 0) is 17.7 Å². The lowest BCUT2D eigenvalue weighted by Crippen LogP contribution is -2.29. The van der Waals surface area contributed by atoms with Crippen LogP contribution in [0.4, 0.5) is 0 Å². The molecule has 0 spiro atoms. The average molecular weight is 292 g/mol. The molecule has 0 aliphatic rings. The Labute approximate surface area is 122 Å². The van der Waals surface area contributed by atoms with Gasteiger partial charge in [-0.25, -0.2) is 0 Å². The second kappa shape index (κ2) is 8.23. The number of carbonyl (C=O) groups is 2. The topological polar surface area (TPSA) is 81.4 Å². The Morgan fingerprint density at radius 1 is 1.35 bits per heavy atom. The fourth-order valence-electron chi connectivity index (χ4n) is 1.48. The van der Waals surface area contributed by atoms with Crippen LogP contribution in [0.1, 0.15) is 12.0 Å². The fraction of sp³-hybridized carbons (Fsp3) is 0.357. The van der Waals surface area contributed by atoms with E-state index in [1.54, 1.807) is 19.2 Å². The van der Waals surface area contributed by atoms with Crippen molar-refractivity contribution in [3.05, 3.63) is 29.8 Å². The molecule has 0 aliphatic carbocycles. The highest BCUT2D eigenvalue weighted by molar-refractivity contribution is 8.00. The minimum Gasteiger partial charge on any atom is -0.481 e. The van der Waals surface area contributed by atoms with Gasteiger partial charge >= 0.3 is 5.97 Å². The maximum Gasteiger partial charge on any atom is 0.307 e. The molecule has 5 nitrogen and oxygen atoms in total. The van der Waals surface area contributed by atoms with E-state index < -0.39 is 5.97 Å². The molecule has 1 N–H and O–H groups in total. The molecule has 6 heteroatoms. The van der Waals surface area contributed by atoms with Gasteiger partial charge in [0.05, 0.1) is 24.7 Å². The van der Waals surface area contributed by atoms with E-state index in [1.807, 2.05) is 18.2 Å². The summed E-state index contributed by atoms with van der Waals surface area (Å²) in [5.41, 5.74) is 0.735. The van der Waals surface area contributed by atoms with Gasteiger partial charge in [-0.15, -0.1) is 11.8 Å². The predicted octanol–water partition coefficient (Wildman–Crippen LogP) is 1.78. The van der Waals surface area contributed by atoms with E-state index in [0.29, 0.717) is 18.7 Å². The predicted molar refractivity (Wildman–Crippen MR) is 76.4 cm³/mol. The Bertz CT molecular complexity index is 508. The molecule has 106 valence electrons. The monoisotopic (exact) mass is 292 g/mol. The highest BCUT2D eigenvalue weighted by atomic mass is 32.2. The number of carboxylic acid groups (broad SMARTS) is 1. The lowest BCUT2D eigenvalue weighted by Gasteiger charge is -2.14. The summed E-state index contributed by atoms with van der Waals surface area (Å²) in [6.45, 7) is 0.438. The van der Waals surface area contributed by atoms with Gasteiger partial charge in [0.1, 0.15) is 0 Å². The average Bonchev–Trinajstić information content (AvgIpc) is 2.43. The van der Waals surface area contributed by atoms with Crippen molar-refractivity contribution < 1.29 is 14.7 Å². The molecule has 1 aromatic rings. The molecule has 1 amide bonds. The summed E-state index contributed by atoms with van der Waals surface area (Å²) in [6.07, 6.45) is 0.331. The Morgan fingerprint density at radius 3 is 2.55 bits per heavy atom. The van der Waals surface area contributed by atoms with Crippen molar-refractivity contribution in [1.29, 1.82) is 5.26 Å². The smallest absolute Gasteiger partial charge is 0.307 e. The van der Waals surface area contributed by atoms with Gasteiger partial charge < -0.3 is 10.0 Å². The van der Waals surface area contributed by atoms with E-state index in [1.165, 1.54) is 16.7 Å². The molecule has 20 heavy (non-hydrogen) atoms. The summed E-state index contributed by atoms with van der Waals surface area (Å²) in [6, 6.07) is 9.12. The molecule has 0 saturated carbocycles. The molecule has 1 rings (SSSR count). The van der Waals surface area contributed by atoms with E-state index in [-0.39, 0.29) is 12.3 Å². The number of hydrogen-bond acceptors (Lipinski definition) is 4. The number of carboxylic acids is 1. The number of amides is 1. The molecule has 0 radical (unpaired) electrons. The summed E-state index contributed by atoms with van der Waals surface area (Å²) in [5, 5.41) is 17.1. The number of nitrogens with zero attached hydrogens (tertiary/aromatic N) is 2. The van der Waals surface area contributed by atoms with Gasteiger partial charge in [-0.1, -0.05) is 12.1 Å². The van der Waals surface area contributed by atoms with Crippen molar-refractivity contribution in [1.82, 2.24) is 4.90 Å². The first-order valence-electron chi connectivity index (χ1n) is 6.07. The first-order chi connectivity index (χ1) is 9.52. The van der Waals surface area contributed by atoms with Crippen LogP contribution in [0, 0.1) is 11.3 Å². The third kappa shape index (κ3) is 5.76. The van der Waals surface area contributed by atoms with Crippen LogP contribution < -0.4 is 0 Å². The summed E-state index contributed by atoms with van der Waals surface area (Å²) >= 11 is 1.40. The number of aliphatic carboxylic acids is 1. The van der Waals surface area contributed by atoms with Crippen LogP contribution in [0.25, 0.3) is 0 Å². The maximum atomic E-state index is 11.8. The number of nitriles is 1. The Balaban J connectivity index is 2.43. The van der Waals surface area contributed by atoms with Gasteiger partial charge in [0, 0.05) is 18.5 Å². The van der Waals surface area contributed by atoms with Crippen LogP contribution in [0.3, 0.4) is 0 Å². The van der Waals surface area contributed by atoms with Crippen molar-refractivity contribution in [3.8, 4) is 6.07 Å². The summed E-state index contributed by atoms with van der Waals surface area (Å²) < 4.78 is 0. The van der Waals surface area contributed by atoms with Crippen molar-refractivity contribution in [2.75, 3.05) is 19.3 Å². The summed E-state index contributed by atoms with van der Waals surface area (Å²) in [5.74, 6) is -0.584. The van der Waals surface area contributed by atoms with Crippen molar-refractivity contribution >= 4 is 23.6 Å². The van der Waals surface area contributed by atoms with Crippen molar-refractivity contribution in [3.63, 3.8) is 0 Å². The summed E-state index contributed by atoms with van der Waals surface area (Å²) in [4.78, 5) is 24.8. The molecule has 0 unspecified atom stereocenters. The van der Waals surface area contributed by atoms with E-state index in [9.17, 15) is 9.59 Å². The molecule has 0 fully saturated rings. The Hall–Kier alpha value is -2.00. The van der Waals surface area contributed by atoms with E-state index >= 15 is 0 Å². The van der Waals surface area contributed by atoms with Crippen LogP contribution in [-0.4, -0.2) is 41.2 Å². The lowest BCUT2D eigenvalue weighted by atomic mass is 10.2. The van der Waals surface area contributed by atoms with Crippen LogP contribution in [-0.2, 0) is 16.0 Å². The van der Waals surface area contributed by atoms with Gasteiger partial charge in [0.15, 0.2) is 0 Å². The second-order valence-electron chi connectivity index (χ2n) is 4.23. The number of hydrogen-bond donors (Lipinski definition) is 1. The highest BCUT2D eigenvalue weighted by Crippen LogP contribution is 2.19. The Kier molecular flexibility index (Phi) is 6.60. The van der Waals surface area contributed by atoms with E-state index in [0.717, 1.165) is 10.5 Å². The molecule has 0 aromatic heterocycles. The molecule has 0 bridgehead atoms. The molecule has 0 saturated heterocycles. The lowest BCUT2D eigenvalue weighted by molar-refractivity contribution is -0.136. The van der Waals surface area contributed by atoms with Gasteiger partial charge in [-0.3, -0.25) is 9.59 Å². The quantitative estimate of drug-likeness (QED) is 0.775. The molecular formula is C14H16N2O3S. The first kappa shape index (κ1) is 16.1. The second-order valence-corrected chi connectivity index (χ2v) is 5.28. The van der Waals surface area contributed by atoms with Crippen molar-refractivity contribution in [2.45, 2.75) is 17.7 Å². The van der Waals surface area contributed by atoms with Crippen LogP contribution in [0.5, 0.6) is 0 Å². The van der Waals surface area contributed by atoms with Crippen LogP contribution in [0.2, 0.25) is 0 Å². The van der Waals surface area contributed by atoms with Crippen molar-refractivity contribution in [2.24, 2.45) is 0 Å². The minimum absolute atomic E-state index is 0.000769. The van der Waals surface area contributed by atoms with E-state index in [4.69, 9.17) is 10.4 Å². The number of benzene rings is 1. The molecule has 0 heterocycles. The van der Waals surface area contributed by atoms with Gasteiger partial charge in [-0.2, -0.15) is 5.26 Å². The zero-order valence-electron chi connectivity index (χ0n) is 11.2. The number of rotatable bonds is 7. The highest BCUT2D eigenvalue weighted by Gasteiger charge is 2.09. The van der Waals surface area contributed by atoms with Gasteiger partial charge in [0.2, 0.25) is 5.91 Å². The Morgan fingerprint density at radius 2 is 2.00 bits per heavy atom. The largest absolute Gasteiger partial charge is 0.481 e. The van der Waals surface area contributed by atoms with E-state index in [2.05, 4.69) is 0 Å². The van der Waals surface area contributed by atoms with Crippen LogP contribution in [0.15, 0.2) is 29.2 Å². The molecule has 1 aromatic carbocycles. The first-order valence-corrected chi connectivity index (χ1v) is 7.06. The third-order valence-electron chi connectivity index (χ3n) is 2.63. The normalized spacial score (nSPS) is 9.80. The third-order valence-corrected chi connectivity index (χ3v) is 3.62. The number of thioether (sulfide) groups is 1. The molecule has 0 aliphatic heterocycles. The van der Waals surface area contributed by atoms with Gasteiger partial charge in [0.25, 0.3) is 0 Å². The summed E-state index contributed by atoms with van der Waals surface area (Å²) in [7, 11) is 1.68. The zero-order chi connectivity index (χ0) is 15.0. The van der Waals surface area contributed by atoms with Crippen LogP contribution >= 0.6 is 11.8 Å². The minimum atomic E-state index is -0.861. The maximum absolute atomic E-state index is 11.8. The standard InChI is InChI=1S/C14H16N2O3S/c1-16(8-2-7-15)13(17)10-20-12-5-3-11(4-6-12)9-14(18)19/h3-6H,2,8-10H2,1H3,(H,18,19). The molecular weight excluding hydrogens is 276 g/mol. The number of carbonyl (C=O) groups excluding carboxylic acids is 1. The SMILES string of the molecule is CN(CCC#N)C(=O)CSc1ccc(CC(=O)O)cc1.